The van der Waals surface area contributed by atoms with Crippen molar-refractivity contribution in [2.45, 2.75) is 32.6 Å². The SMILES string of the molecule is Cc1ccc(-n2nc(C(=O)O)c3c2CCCC3)c(F)c1. The Morgan fingerprint density at radius 3 is 2.80 bits per heavy atom. The quantitative estimate of drug-likeness (QED) is 0.916. The van der Waals surface area contributed by atoms with Crippen LogP contribution >= 0.6 is 0 Å². The fourth-order valence-corrected chi connectivity index (χ4v) is 2.75. The van der Waals surface area contributed by atoms with Gasteiger partial charge in [-0.05, 0) is 50.3 Å². The number of halogens is 1. The third kappa shape index (κ3) is 1.99. The van der Waals surface area contributed by atoms with Crippen LogP contribution in [0.4, 0.5) is 4.39 Å². The second-order valence-corrected chi connectivity index (χ2v) is 5.15. The summed E-state index contributed by atoms with van der Waals surface area (Å²) in [5.74, 6) is -1.42. The molecule has 0 aliphatic heterocycles. The van der Waals surface area contributed by atoms with Gasteiger partial charge in [-0.2, -0.15) is 5.10 Å². The van der Waals surface area contributed by atoms with Crippen molar-refractivity contribution >= 4 is 5.97 Å². The molecule has 104 valence electrons. The summed E-state index contributed by atoms with van der Waals surface area (Å²) in [7, 11) is 0. The minimum Gasteiger partial charge on any atom is -0.476 e. The molecule has 3 rings (SSSR count). The standard InChI is InChI=1S/C15H15FN2O2/c1-9-6-7-13(11(16)8-9)18-12-5-3-2-4-10(12)14(17-18)15(19)20/h6-8H,2-5H2,1H3,(H,19,20). The van der Waals surface area contributed by atoms with E-state index in [4.69, 9.17) is 0 Å². The number of carbonyl (C=O) groups is 1. The monoisotopic (exact) mass is 274 g/mol. The average molecular weight is 274 g/mol. The molecule has 0 saturated carbocycles. The summed E-state index contributed by atoms with van der Waals surface area (Å²) < 4.78 is 15.6. The maximum Gasteiger partial charge on any atom is 0.356 e. The van der Waals surface area contributed by atoms with Crippen molar-refractivity contribution < 1.29 is 14.3 Å². The molecule has 20 heavy (non-hydrogen) atoms. The molecule has 1 N–H and O–H groups in total. The van der Waals surface area contributed by atoms with Crippen LogP contribution in [0, 0.1) is 12.7 Å². The molecule has 4 nitrogen and oxygen atoms in total. The van der Waals surface area contributed by atoms with Gasteiger partial charge in [0.05, 0.1) is 0 Å². The molecule has 1 aromatic heterocycles. The summed E-state index contributed by atoms with van der Waals surface area (Å²) >= 11 is 0. The number of hydrogen-bond acceptors (Lipinski definition) is 2. The van der Waals surface area contributed by atoms with E-state index in [2.05, 4.69) is 5.10 Å². The molecule has 0 unspecified atom stereocenters. The summed E-state index contributed by atoms with van der Waals surface area (Å²) in [6, 6.07) is 4.89. The number of nitrogens with zero attached hydrogens (tertiary/aromatic N) is 2. The van der Waals surface area contributed by atoms with Crippen LogP contribution in [-0.2, 0) is 12.8 Å². The van der Waals surface area contributed by atoms with E-state index in [-0.39, 0.29) is 11.5 Å². The highest BCUT2D eigenvalue weighted by atomic mass is 19.1. The zero-order chi connectivity index (χ0) is 14.3. The van der Waals surface area contributed by atoms with Crippen molar-refractivity contribution in [3.63, 3.8) is 0 Å². The van der Waals surface area contributed by atoms with Gasteiger partial charge in [-0.15, -0.1) is 0 Å². The highest BCUT2D eigenvalue weighted by molar-refractivity contribution is 5.87. The lowest BCUT2D eigenvalue weighted by Gasteiger charge is -2.14. The second kappa shape index (κ2) is 4.74. The van der Waals surface area contributed by atoms with Gasteiger partial charge in [0.2, 0.25) is 0 Å². The molecule has 1 aliphatic rings. The molecule has 1 aliphatic carbocycles. The number of benzene rings is 1. The Balaban J connectivity index is 2.21. The molecule has 0 radical (unpaired) electrons. The number of carboxylic acid groups (broad SMARTS) is 1. The Labute approximate surface area is 115 Å². The Bertz CT molecular complexity index is 691. The van der Waals surface area contributed by atoms with Crippen molar-refractivity contribution in [1.29, 1.82) is 0 Å². The van der Waals surface area contributed by atoms with Gasteiger partial charge in [-0.3, -0.25) is 0 Å². The molecule has 0 spiro atoms. The number of fused-ring (bicyclic) bond motifs is 1. The summed E-state index contributed by atoms with van der Waals surface area (Å²) in [5.41, 5.74) is 2.78. The van der Waals surface area contributed by atoms with Crippen LogP contribution < -0.4 is 0 Å². The molecule has 0 atom stereocenters. The van der Waals surface area contributed by atoms with Crippen LogP contribution in [0.1, 0.15) is 40.2 Å². The highest BCUT2D eigenvalue weighted by Crippen LogP contribution is 2.28. The Kier molecular flexibility index (Phi) is 3.04. The van der Waals surface area contributed by atoms with Crippen LogP contribution in [0.5, 0.6) is 0 Å². The summed E-state index contributed by atoms with van der Waals surface area (Å²) in [5, 5.41) is 13.4. The first kappa shape index (κ1) is 12.8. The number of hydrogen-bond donors (Lipinski definition) is 1. The lowest BCUT2D eigenvalue weighted by molar-refractivity contribution is 0.0688. The van der Waals surface area contributed by atoms with Crippen LogP contribution in [-0.4, -0.2) is 20.9 Å². The van der Waals surface area contributed by atoms with Crippen LogP contribution in [0.15, 0.2) is 18.2 Å². The number of aromatic carboxylic acids is 1. The van der Waals surface area contributed by atoms with Crippen molar-refractivity contribution in [3.8, 4) is 5.69 Å². The van der Waals surface area contributed by atoms with E-state index in [1.165, 1.54) is 10.7 Å². The second-order valence-electron chi connectivity index (χ2n) is 5.15. The predicted molar refractivity (Wildman–Crippen MR) is 71.9 cm³/mol. The third-order valence-electron chi connectivity index (χ3n) is 3.71. The number of carboxylic acids is 1. The molecule has 0 amide bonds. The van der Waals surface area contributed by atoms with Crippen molar-refractivity contribution in [2.75, 3.05) is 0 Å². The predicted octanol–water partition coefficient (Wildman–Crippen LogP) is 2.90. The van der Waals surface area contributed by atoms with Crippen LogP contribution in [0.2, 0.25) is 0 Å². The Hall–Kier alpha value is -2.17. The van der Waals surface area contributed by atoms with Gasteiger partial charge in [-0.1, -0.05) is 6.07 Å². The van der Waals surface area contributed by atoms with E-state index >= 15 is 0 Å². The van der Waals surface area contributed by atoms with Gasteiger partial charge in [-0.25, -0.2) is 13.9 Å². The maximum absolute atomic E-state index is 14.1. The van der Waals surface area contributed by atoms with Crippen molar-refractivity contribution in [3.05, 3.63) is 46.5 Å². The van der Waals surface area contributed by atoms with Gasteiger partial charge in [0.25, 0.3) is 0 Å². The van der Waals surface area contributed by atoms with Crippen LogP contribution in [0.3, 0.4) is 0 Å². The zero-order valence-electron chi connectivity index (χ0n) is 11.2. The van der Waals surface area contributed by atoms with E-state index in [1.54, 1.807) is 12.1 Å². The molecular weight excluding hydrogens is 259 g/mol. The topological polar surface area (TPSA) is 55.1 Å². The summed E-state index contributed by atoms with van der Waals surface area (Å²) in [4.78, 5) is 11.3. The van der Waals surface area contributed by atoms with Gasteiger partial charge >= 0.3 is 5.97 Å². The normalized spacial score (nSPS) is 14.1. The highest BCUT2D eigenvalue weighted by Gasteiger charge is 2.26. The minimum atomic E-state index is -1.05. The van der Waals surface area contributed by atoms with Gasteiger partial charge in [0.1, 0.15) is 11.5 Å². The van der Waals surface area contributed by atoms with E-state index < -0.39 is 5.97 Å². The summed E-state index contributed by atoms with van der Waals surface area (Å²) in [6.45, 7) is 1.81. The lowest BCUT2D eigenvalue weighted by atomic mass is 9.95. The van der Waals surface area contributed by atoms with E-state index in [0.717, 1.165) is 36.1 Å². The molecule has 0 bridgehead atoms. The molecule has 5 heteroatoms. The fourth-order valence-electron chi connectivity index (χ4n) is 2.75. The molecular formula is C15H15FN2O2. The lowest BCUT2D eigenvalue weighted by Crippen LogP contribution is -2.09. The smallest absolute Gasteiger partial charge is 0.356 e. The Morgan fingerprint density at radius 2 is 2.10 bits per heavy atom. The van der Waals surface area contributed by atoms with E-state index in [1.807, 2.05) is 6.92 Å². The molecule has 1 heterocycles. The number of aryl methyl sites for hydroxylation is 1. The van der Waals surface area contributed by atoms with E-state index in [9.17, 15) is 14.3 Å². The Morgan fingerprint density at radius 1 is 1.35 bits per heavy atom. The molecule has 1 aromatic carbocycles. The first-order chi connectivity index (χ1) is 9.58. The van der Waals surface area contributed by atoms with Crippen LogP contribution in [0.25, 0.3) is 5.69 Å². The largest absolute Gasteiger partial charge is 0.476 e. The first-order valence-electron chi connectivity index (χ1n) is 6.68. The van der Waals surface area contributed by atoms with Gasteiger partial charge in [0.15, 0.2) is 5.69 Å². The maximum atomic E-state index is 14.1. The fraction of sp³-hybridized carbons (Fsp3) is 0.333. The summed E-state index contributed by atoms with van der Waals surface area (Å²) in [6.07, 6.45) is 3.37. The van der Waals surface area contributed by atoms with Crippen molar-refractivity contribution in [1.82, 2.24) is 9.78 Å². The molecule has 0 saturated heterocycles. The average Bonchev–Trinajstić information content (AvgIpc) is 2.78. The van der Waals surface area contributed by atoms with Crippen molar-refractivity contribution in [2.24, 2.45) is 0 Å². The zero-order valence-corrected chi connectivity index (χ0v) is 11.2. The van der Waals surface area contributed by atoms with Gasteiger partial charge < -0.3 is 5.11 Å². The number of rotatable bonds is 2. The molecule has 0 fully saturated rings. The number of aromatic nitrogens is 2. The van der Waals surface area contributed by atoms with E-state index in [0.29, 0.717) is 12.1 Å². The molecule has 2 aromatic rings. The third-order valence-corrected chi connectivity index (χ3v) is 3.71. The first-order valence-corrected chi connectivity index (χ1v) is 6.68. The van der Waals surface area contributed by atoms with Gasteiger partial charge in [0, 0.05) is 11.3 Å². The minimum absolute atomic E-state index is 0.0553.